The Morgan fingerprint density at radius 2 is 1.91 bits per heavy atom. The van der Waals surface area contributed by atoms with Gasteiger partial charge in [-0.3, -0.25) is 9.78 Å². The molecule has 5 rings (SSSR count). The minimum Gasteiger partial charge on any atom is -0.507 e. The standard InChI is InChI=1S/C26H22FN5O3/c27-21-6-2-1-4-17(21)15-29-26(35)32-23(16-7-8-16)13-22(31-32)20-12-19(9-10-24(20)33)30-25(34)18-5-3-11-28-14-18/h1-6,9-14,16,33H,7-8,15H2,(H,29,35)(H,30,34). The Kier molecular flexibility index (Phi) is 5.97. The number of phenols is 1. The summed E-state index contributed by atoms with van der Waals surface area (Å²) in [5.74, 6) is -0.591. The number of rotatable bonds is 6. The van der Waals surface area contributed by atoms with Crippen LogP contribution >= 0.6 is 0 Å². The molecule has 0 unspecified atom stereocenters. The van der Waals surface area contributed by atoms with E-state index in [1.54, 1.807) is 54.7 Å². The Balaban J connectivity index is 1.39. The molecule has 0 bridgehead atoms. The molecule has 4 aromatic rings. The number of aromatic hydroxyl groups is 1. The molecule has 176 valence electrons. The van der Waals surface area contributed by atoms with Crippen LogP contribution in [0.5, 0.6) is 5.75 Å². The van der Waals surface area contributed by atoms with Gasteiger partial charge >= 0.3 is 6.03 Å². The summed E-state index contributed by atoms with van der Waals surface area (Å²) in [4.78, 5) is 29.4. The molecule has 0 atom stereocenters. The van der Waals surface area contributed by atoms with E-state index in [0.717, 1.165) is 18.5 Å². The van der Waals surface area contributed by atoms with E-state index in [9.17, 15) is 19.1 Å². The van der Waals surface area contributed by atoms with Crippen LogP contribution in [0, 0.1) is 5.82 Å². The summed E-state index contributed by atoms with van der Waals surface area (Å²) < 4.78 is 15.2. The maximum absolute atomic E-state index is 13.9. The van der Waals surface area contributed by atoms with Gasteiger partial charge in [0.05, 0.1) is 17.0 Å². The summed E-state index contributed by atoms with van der Waals surface area (Å²) in [5.41, 5.74) is 2.71. The van der Waals surface area contributed by atoms with E-state index in [0.29, 0.717) is 28.1 Å². The van der Waals surface area contributed by atoms with Gasteiger partial charge in [0.1, 0.15) is 11.6 Å². The third-order valence-corrected chi connectivity index (χ3v) is 5.77. The van der Waals surface area contributed by atoms with E-state index in [2.05, 4.69) is 20.7 Å². The van der Waals surface area contributed by atoms with Crippen molar-refractivity contribution in [2.75, 3.05) is 5.32 Å². The minimum atomic E-state index is -0.484. The highest BCUT2D eigenvalue weighted by molar-refractivity contribution is 6.04. The largest absolute Gasteiger partial charge is 0.507 e. The van der Waals surface area contributed by atoms with Crippen molar-refractivity contribution in [1.29, 1.82) is 0 Å². The SMILES string of the molecule is O=C(Nc1ccc(O)c(-c2cc(C3CC3)n(C(=O)NCc3ccccc3F)n2)c1)c1cccnc1. The summed E-state index contributed by atoms with van der Waals surface area (Å²) >= 11 is 0. The molecule has 2 amide bonds. The molecule has 1 aliphatic rings. The van der Waals surface area contributed by atoms with Crippen LogP contribution < -0.4 is 10.6 Å². The molecule has 1 fully saturated rings. The summed E-state index contributed by atoms with van der Waals surface area (Å²) in [6.07, 6.45) is 4.90. The number of nitrogens with one attached hydrogen (secondary N) is 2. The quantitative estimate of drug-likeness (QED) is 0.354. The first-order chi connectivity index (χ1) is 17.0. The van der Waals surface area contributed by atoms with Crippen LogP contribution in [0.15, 0.2) is 73.1 Å². The van der Waals surface area contributed by atoms with Crippen molar-refractivity contribution < 1.29 is 19.1 Å². The highest BCUT2D eigenvalue weighted by atomic mass is 19.1. The number of hydrogen-bond donors (Lipinski definition) is 3. The molecule has 2 heterocycles. The fraction of sp³-hybridized carbons (Fsp3) is 0.154. The van der Waals surface area contributed by atoms with Gasteiger partial charge in [0.25, 0.3) is 5.91 Å². The van der Waals surface area contributed by atoms with Crippen LogP contribution in [0.4, 0.5) is 14.9 Å². The normalized spacial score (nSPS) is 12.8. The predicted molar refractivity (Wildman–Crippen MR) is 128 cm³/mol. The molecule has 0 radical (unpaired) electrons. The molecule has 0 spiro atoms. The first-order valence-electron chi connectivity index (χ1n) is 11.2. The maximum Gasteiger partial charge on any atom is 0.342 e. The smallest absolute Gasteiger partial charge is 0.342 e. The van der Waals surface area contributed by atoms with Gasteiger partial charge in [-0.15, -0.1) is 0 Å². The molecule has 8 nitrogen and oxygen atoms in total. The first-order valence-corrected chi connectivity index (χ1v) is 11.2. The van der Waals surface area contributed by atoms with Crippen LogP contribution in [0.25, 0.3) is 11.3 Å². The van der Waals surface area contributed by atoms with Crippen molar-refractivity contribution in [3.05, 3.63) is 95.7 Å². The van der Waals surface area contributed by atoms with Crippen molar-refractivity contribution in [1.82, 2.24) is 20.1 Å². The number of halogens is 1. The van der Waals surface area contributed by atoms with Gasteiger partial charge in [-0.05, 0) is 55.3 Å². The number of amides is 2. The van der Waals surface area contributed by atoms with E-state index in [-0.39, 0.29) is 24.1 Å². The Morgan fingerprint density at radius 1 is 1.09 bits per heavy atom. The van der Waals surface area contributed by atoms with Crippen LogP contribution in [-0.4, -0.2) is 31.8 Å². The van der Waals surface area contributed by atoms with Crippen LogP contribution in [0.3, 0.4) is 0 Å². The molecule has 1 saturated carbocycles. The van der Waals surface area contributed by atoms with E-state index in [1.165, 1.54) is 23.0 Å². The number of nitrogens with zero attached hydrogens (tertiary/aromatic N) is 3. The number of benzene rings is 2. The molecular formula is C26H22FN5O3. The highest BCUT2D eigenvalue weighted by Gasteiger charge is 2.31. The van der Waals surface area contributed by atoms with Gasteiger partial charge < -0.3 is 15.7 Å². The number of carbonyl (C=O) groups excluding carboxylic acids is 2. The molecule has 1 aliphatic carbocycles. The van der Waals surface area contributed by atoms with Crippen LogP contribution in [0.2, 0.25) is 0 Å². The van der Waals surface area contributed by atoms with Crippen molar-refractivity contribution in [3.63, 3.8) is 0 Å². The maximum atomic E-state index is 13.9. The lowest BCUT2D eigenvalue weighted by molar-refractivity contribution is 0.102. The Labute approximate surface area is 200 Å². The van der Waals surface area contributed by atoms with E-state index in [4.69, 9.17) is 0 Å². The lowest BCUT2D eigenvalue weighted by atomic mass is 10.1. The molecule has 35 heavy (non-hydrogen) atoms. The second-order valence-electron chi connectivity index (χ2n) is 8.32. The Hall–Kier alpha value is -4.53. The van der Waals surface area contributed by atoms with E-state index < -0.39 is 11.8 Å². The topological polar surface area (TPSA) is 109 Å². The zero-order valence-electron chi connectivity index (χ0n) is 18.6. The fourth-order valence-electron chi connectivity index (χ4n) is 3.77. The van der Waals surface area contributed by atoms with Gasteiger partial charge in [-0.1, -0.05) is 18.2 Å². The van der Waals surface area contributed by atoms with Gasteiger partial charge in [0, 0.05) is 41.7 Å². The summed E-state index contributed by atoms with van der Waals surface area (Å²) in [6.45, 7) is 0.0198. The average molecular weight is 471 g/mol. The number of anilines is 1. The number of pyridine rings is 1. The lowest BCUT2D eigenvalue weighted by Gasteiger charge is -2.09. The number of aromatic nitrogens is 3. The van der Waals surface area contributed by atoms with Crippen molar-refractivity contribution in [2.45, 2.75) is 25.3 Å². The van der Waals surface area contributed by atoms with Crippen molar-refractivity contribution in [3.8, 4) is 17.0 Å². The molecular weight excluding hydrogens is 449 g/mol. The zero-order chi connectivity index (χ0) is 24.4. The third kappa shape index (κ3) is 4.89. The highest BCUT2D eigenvalue weighted by Crippen LogP contribution is 2.42. The van der Waals surface area contributed by atoms with Gasteiger partial charge in [-0.2, -0.15) is 9.78 Å². The lowest BCUT2D eigenvalue weighted by Crippen LogP contribution is -2.30. The molecule has 2 aromatic heterocycles. The zero-order valence-corrected chi connectivity index (χ0v) is 18.6. The molecule has 9 heteroatoms. The van der Waals surface area contributed by atoms with Gasteiger partial charge in [-0.25, -0.2) is 9.18 Å². The second-order valence-corrected chi connectivity index (χ2v) is 8.32. The second kappa shape index (κ2) is 9.38. The summed E-state index contributed by atoms with van der Waals surface area (Å²) in [6, 6.07) is 15.5. The number of hydrogen-bond acceptors (Lipinski definition) is 5. The van der Waals surface area contributed by atoms with E-state index in [1.807, 2.05) is 0 Å². The minimum absolute atomic E-state index is 0.0198. The summed E-state index contributed by atoms with van der Waals surface area (Å²) in [7, 11) is 0. The third-order valence-electron chi connectivity index (χ3n) is 5.77. The van der Waals surface area contributed by atoms with Crippen molar-refractivity contribution >= 4 is 17.6 Å². The first kappa shape index (κ1) is 22.3. The van der Waals surface area contributed by atoms with Gasteiger partial charge in [0.15, 0.2) is 0 Å². The van der Waals surface area contributed by atoms with Crippen LogP contribution in [-0.2, 0) is 6.54 Å². The Bertz CT molecular complexity index is 1400. The predicted octanol–water partition coefficient (Wildman–Crippen LogP) is 4.68. The molecule has 0 aliphatic heterocycles. The molecule has 0 saturated heterocycles. The Morgan fingerprint density at radius 3 is 2.66 bits per heavy atom. The number of carbonyl (C=O) groups is 2. The fourth-order valence-corrected chi connectivity index (χ4v) is 3.77. The monoisotopic (exact) mass is 471 g/mol. The van der Waals surface area contributed by atoms with Crippen molar-refractivity contribution in [2.24, 2.45) is 0 Å². The summed E-state index contributed by atoms with van der Waals surface area (Å²) in [5, 5.41) is 20.4. The number of phenolic OH excluding ortho intramolecular Hbond substituents is 1. The molecule has 3 N–H and O–H groups in total. The average Bonchev–Trinajstić information content (AvgIpc) is 3.63. The van der Waals surface area contributed by atoms with Crippen LogP contribution in [0.1, 0.15) is 40.4 Å². The molecule has 2 aromatic carbocycles. The van der Waals surface area contributed by atoms with E-state index >= 15 is 0 Å². The van der Waals surface area contributed by atoms with Gasteiger partial charge in [0.2, 0.25) is 0 Å².